The van der Waals surface area contributed by atoms with E-state index in [1.54, 1.807) is 24.3 Å². The van der Waals surface area contributed by atoms with Crippen molar-refractivity contribution in [3.05, 3.63) is 76.2 Å². The van der Waals surface area contributed by atoms with Gasteiger partial charge in [0.25, 0.3) is 0 Å². The largest absolute Gasteiger partial charge is 0.327 e. The maximum Gasteiger partial charge on any atom is 0.150 e. The third kappa shape index (κ3) is 6.52. The molecule has 0 bridgehead atoms. The molecule has 0 aromatic heterocycles. The number of anilines is 1. The highest BCUT2D eigenvalue weighted by atomic mass is 32.2. The zero-order chi connectivity index (χ0) is 23.8. The lowest BCUT2D eigenvalue weighted by molar-refractivity contribution is 0.112. The first kappa shape index (κ1) is 24.7. The van der Waals surface area contributed by atoms with Crippen LogP contribution in [-0.2, 0) is 0 Å². The molecule has 0 saturated carbocycles. The predicted molar refractivity (Wildman–Crippen MR) is 137 cm³/mol. The molecule has 174 valence electrons. The van der Waals surface area contributed by atoms with E-state index in [1.807, 2.05) is 30.5 Å². The Labute approximate surface area is 198 Å². The Hall–Kier alpha value is -2.97. The summed E-state index contributed by atoms with van der Waals surface area (Å²) in [6.45, 7) is 8.71. The molecule has 8 heteroatoms. The number of hydrazine groups is 1. The zero-order valence-electron chi connectivity index (χ0n) is 19.0. The van der Waals surface area contributed by atoms with Gasteiger partial charge in [-0.2, -0.15) is 0 Å². The Balaban J connectivity index is 1.78. The molecule has 3 rings (SSSR count). The Morgan fingerprint density at radius 1 is 1.48 bits per heavy atom. The van der Waals surface area contributed by atoms with Crippen LogP contribution in [0.25, 0.3) is 0 Å². The number of aliphatic imine (C=N–C) groups is 1. The summed E-state index contributed by atoms with van der Waals surface area (Å²) < 4.78 is 13.2. The molecule has 2 aliphatic rings. The van der Waals surface area contributed by atoms with Crippen LogP contribution < -0.4 is 10.9 Å². The number of amidine groups is 1. The van der Waals surface area contributed by atoms with Crippen LogP contribution in [0.5, 0.6) is 0 Å². The number of hydrogen-bond donors (Lipinski definition) is 3. The predicted octanol–water partition coefficient (Wildman–Crippen LogP) is 5.26. The zero-order valence-corrected chi connectivity index (χ0v) is 19.8. The smallest absolute Gasteiger partial charge is 0.150 e. The second kappa shape index (κ2) is 11.8. The minimum absolute atomic E-state index is 0.0559. The van der Waals surface area contributed by atoms with Crippen molar-refractivity contribution >= 4 is 35.3 Å². The Morgan fingerprint density at radius 3 is 3.03 bits per heavy atom. The first-order valence-corrected chi connectivity index (χ1v) is 11.8. The number of rotatable bonds is 11. The molecule has 1 aromatic carbocycles. The molecule has 1 saturated heterocycles. The second-order valence-electron chi connectivity index (χ2n) is 7.93. The minimum atomic E-state index is -0.935. The van der Waals surface area contributed by atoms with Crippen molar-refractivity contribution in [2.75, 3.05) is 18.5 Å². The van der Waals surface area contributed by atoms with E-state index < -0.39 is 6.17 Å². The third-order valence-electron chi connectivity index (χ3n) is 5.27. The summed E-state index contributed by atoms with van der Waals surface area (Å²) in [6, 6.07) is 7.31. The van der Waals surface area contributed by atoms with E-state index in [-0.39, 0.29) is 12.5 Å². The monoisotopic (exact) mass is 467 g/mol. The standard InChI is InChI=1S/C25H30FN5OS/c1-4-11-33-18(3)25-28-14-22(23(27)10-5-7-17(2)26)24-13-21(15-31(24)25)30-29-20-9-6-8-19(12-20)16-32/h4-6,8-12,16-17,21,27,29-30H,3,7,13-15H2,1-2H3/b10-5-,11-4-,27-23?. The van der Waals surface area contributed by atoms with Crippen molar-refractivity contribution in [1.82, 2.24) is 10.3 Å². The SMILES string of the molecule is C=C(S/C=C\C)C1=NCC(C(=N)/C=C\CC(C)F)=C2CC(NNc3cccc(C=O)c3)CN12. The van der Waals surface area contributed by atoms with E-state index in [9.17, 15) is 9.18 Å². The molecule has 6 nitrogen and oxygen atoms in total. The number of nitrogens with zero attached hydrogens (tertiary/aromatic N) is 2. The molecule has 2 heterocycles. The van der Waals surface area contributed by atoms with Crippen LogP contribution in [-0.4, -0.2) is 48.0 Å². The lowest BCUT2D eigenvalue weighted by atomic mass is 10.0. The van der Waals surface area contributed by atoms with Gasteiger partial charge >= 0.3 is 0 Å². The van der Waals surface area contributed by atoms with E-state index in [0.29, 0.717) is 30.8 Å². The highest BCUT2D eigenvalue weighted by molar-refractivity contribution is 8.06. The molecule has 1 aromatic rings. The number of thioether (sulfide) groups is 1. The Morgan fingerprint density at radius 2 is 2.30 bits per heavy atom. The first-order valence-electron chi connectivity index (χ1n) is 10.9. The van der Waals surface area contributed by atoms with Crippen molar-refractivity contribution < 1.29 is 9.18 Å². The number of carbonyl (C=O) groups excluding carboxylic acids is 1. The molecule has 2 aliphatic heterocycles. The first-order chi connectivity index (χ1) is 15.9. The van der Waals surface area contributed by atoms with Crippen LogP contribution in [0.1, 0.15) is 37.0 Å². The molecule has 3 N–H and O–H groups in total. The molecule has 2 atom stereocenters. The fraction of sp³-hybridized carbons (Fsp3) is 0.320. The van der Waals surface area contributed by atoms with Gasteiger partial charge in [0, 0.05) is 46.4 Å². The average molecular weight is 468 g/mol. The number of alkyl halides is 1. The number of halogens is 1. The molecular formula is C25H30FN5OS. The maximum absolute atomic E-state index is 13.2. The van der Waals surface area contributed by atoms with Gasteiger partial charge in [-0.05, 0) is 43.9 Å². The van der Waals surface area contributed by atoms with Crippen LogP contribution in [0.3, 0.4) is 0 Å². The van der Waals surface area contributed by atoms with Gasteiger partial charge in [0.15, 0.2) is 0 Å². The maximum atomic E-state index is 13.2. The number of hydrogen-bond acceptors (Lipinski definition) is 7. The summed E-state index contributed by atoms with van der Waals surface area (Å²) in [7, 11) is 0. The summed E-state index contributed by atoms with van der Waals surface area (Å²) in [5, 5.41) is 10.5. The molecule has 0 amide bonds. The molecule has 2 unspecified atom stereocenters. The van der Waals surface area contributed by atoms with Crippen molar-refractivity contribution in [3.63, 3.8) is 0 Å². The van der Waals surface area contributed by atoms with Gasteiger partial charge in [0.05, 0.1) is 12.3 Å². The summed E-state index contributed by atoms with van der Waals surface area (Å²) in [5.74, 6) is 0.818. The van der Waals surface area contributed by atoms with Crippen molar-refractivity contribution in [2.45, 2.75) is 38.9 Å². The van der Waals surface area contributed by atoms with Gasteiger partial charge < -0.3 is 15.7 Å². The second-order valence-corrected chi connectivity index (χ2v) is 8.93. The lowest BCUT2D eigenvalue weighted by Crippen LogP contribution is -2.39. The van der Waals surface area contributed by atoms with Gasteiger partial charge in [-0.3, -0.25) is 9.79 Å². The number of benzene rings is 1. The normalized spacial score (nSPS) is 19.1. The molecular weight excluding hydrogens is 437 g/mol. The van der Waals surface area contributed by atoms with E-state index >= 15 is 0 Å². The summed E-state index contributed by atoms with van der Waals surface area (Å²) >= 11 is 1.53. The number of carbonyl (C=O) groups is 1. The van der Waals surface area contributed by atoms with Crippen LogP contribution in [0.15, 0.2) is 75.6 Å². The number of aldehydes is 1. The van der Waals surface area contributed by atoms with Gasteiger partial charge in [-0.15, -0.1) is 0 Å². The van der Waals surface area contributed by atoms with Crippen LogP contribution >= 0.6 is 11.8 Å². The van der Waals surface area contributed by atoms with Crippen LogP contribution in [0.4, 0.5) is 10.1 Å². The van der Waals surface area contributed by atoms with Crippen LogP contribution in [0.2, 0.25) is 0 Å². The van der Waals surface area contributed by atoms with Crippen molar-refractivity contribution in [1.29, 1.82) is 5.41 Å². The van der Waals surface area contributed by atoms with E-state index in [4.69, 9.17) is 10.4 Å². The molecule has 33 heavy (non-hydrogen) atoms. The highest BCUT2D eigenvalue weighted by Crippen LogP contribution is 2.33. The number of nitrogens with one attached hydrogen (secondary N) is 3. The van der Waals surface area contributed by atoms with E-state index in [2.05, 4.69) is 22.3 Å². The summed E-state index contributed by atoms with van der Waals surface area (Å²) in [6.07, 6.45) is 6.20. The fourth-order valence-corrected chi connectivity index (χ4v) is 4.28. The quantitative estimate of drug-likeness (QED) is 0.235. The van der Waals surface area contributed by atoms with Crippen molar-refractivity contribution in [3.8, 4) is 0 Å². The Bertz CT molecular complexity index is 1030. The van der Waals surface area contributed by atoms with E-state index in [0.717, 1.165) is 34.0 Å². The average Bonchev–Trinajstić information content (AvgIpc) is 3.24. The topological polar surface area (TPSA) is 80.6 Å². The van der Waals surface area contributed by atoms with Crippen molar-refractivity contribution in [2.24, 2.45) is 4.99 Å². The minimum Gasteiger partial charge on any atom is -0.327 e. The third-order valence-corrected chi connectivity index (χ3v) is 6.14. The summed E-state index contributed by atoms with van der Waals surface area (Å²) in [5.41, 5.74) is 10.2. The molecule has 1 fully saturated rings. The van der Waals surface area contributed by atoms with Crippen LogP contribution in [0, 0.1) is 5.41 Å². The number of allylic oxidation sites excluding steroid dienone is 3. The van der Waals surface area contributed by atoms with E-state index in [1.165, 1.54) is 18.7 Å². The fourth-order valence-electron chi connectivity index (χ4n) is 3.70. The lowest BCUT2D eigenvalue weighted by Gasteiger charge is -2.29. The van der Waals surface area contributed by atoms with Gasteiger partial charge in [0.2, 0.25) is 0 Å². The Kier molecular flexibility index (Phi) is 8.79. The summed E-state index contributed by atoms with van der Waals surface area (Å²) in [4.78, 5) is 18.8. The molecule has 0 aliphatic carbocycles. The van der Waals surface area contributed by atoms with Gasteiger partial charge in [-0.25, -0.2) is 9.82 Å². The molecule has 0 radical (unpaired) electrons. The number of fused-ring (bicyclic) bond motifs is 1. The highest BCUT2D eigenvalue weighted by Gasteiger charge is 2.35. The van der Waals surface area contributed by atoms with Gasteiger partial charge in [0.1, 0.15) is 18.3 Å². The van der Waals surface area contributed by atoms with Gasteiger partial charge in [-0.1, -0.05) is 42.6 Å². The molecule has 0 spiro atoms.